The van der Waals surface area contributed by atoms with E-state index >= 15 is 0 Å². The third kappa shape index (κ3) is 5.17. The summed E-state index contributed by atoms with van der Waals surface area (Å²) < 4.78 is 69.7. The van der Waals surface area contributed by atoms with Crippen LogP contribution in [0.2, 0.25) is 0 Å². The Hall–Kier alpha value is -2.80. The SMILES string of the molecule is NC[C@@H](NC(=O)C(F)(F)C(F)F)C(=O)Nc1ccc(N2CCOCC2=O)cc1F. The molecule has 1 aliphatic rings. The van der Waals surface area contributed by atoms with Crippen LogP contribution >= 0.6 is 0 Å². The monoisotopic (exact) mass is 424 g/mol. The summed E-state index contributed by atoms with van der Waals surface area (Å²) in [5.41, 5.74) is 5.02. The summed E-state index contributed by atoms with van der Waals surface area (Å²) in [5.74, 6) is -9.96. The van der Waals surface area contributed by atoms with Crippen LogP contribution in [0.25, 0.3) is 0 Å². The number of alkyl halides is 4. The molecule has 160 valence electrons. The number of hydrogen-bond donors (Lipinski definition) is 3. The Morgan fingerprint density at radius 3 is 2.55 bits per heavy atom. The second-order valence-electron chi connectivity index (χ2n) is 5.94. The first-order valence-corrected chi connectivity index (χ1v) is 8.23. The Bertz CT molecular complexity index is 793. The molecule has 1 aromatic rings. The minimum Gasteiger partial charge on any atom is -0.370 e. The molecule has 8 nitrogen and oxygen atoms in total. The first-order chi connectivity index (χ1) is 13.6. The van der Waals surface area contributed by atoms with Gasteiger partial charge in [-0.1, -0.05) is 0 Å². The highest BCUT2D eigenvalue weighted by atomic mass is 19.3. The first-order valence-electron chi connectivity index (χ1n) is 8.23. The molecule has 0 bridgehead atoms. The van der Waals surface area contributed by atoms with E-state index in [0.29, 0.717) is 0 Å². The van der Waals surface area contributed by atoms with Crippen molar-refractivity contribution in [1.29, 1.82) is 0 Å². The Labute approximate surface area is 161 Å². The van der Waals surface area contributed by atoms with Gasteiger partial charge in [0, 0.05) is 18.8 Å². The van der Waals surface area contributed by atoms with Crippen molar-refractivity contribution in [2.24, 2.45) is 5.73 Å². The molecule has 0 unspecified atom stereocenters. The van der Waals surface area contributed by atoms with Crippen LogP contribution in [-0.2, 0) is 19.1 Å². The van der Waals surface area contributed by atoms with Gasteiger partial charge in [-0.05, 0) is 18.2 Å². The molecule has 1 atom stereocenters. The fourth-order valence-corrected chi connectivity index (χ4v) is 2.37. The average molecular weight is 424 g/mol. The number of nitrogens with two attached hydrogens (primary N) is 1. The van der Waals surface area contributed by atoms with Crippen LogP contribution in [0.15, 0.2) is 18.2 Å². The summed E-state index contributed by atoms with van der Waals surface area (Å²) in [5, 5.41) is 3.42. The van der Waals surface area contributed by atoms with Crippen LogP contribution in [0.5, 0.6) is 0 Å². The number of ether oxygens (including phenoxy) is 1. The van der Waals surface area contributed by atoms with Gasteiger partial charge in [-0.2, -0.15) is 8.78 Å². The quantitative estimate of drug-likeness (QED) is 0.551. The maximum Gasteiger partial charge on any atom is 0.383 e. The number of nitrogens with zero attached hydrogens (tertiary/aromatic N) is 1. The molecule has 1 aromatic carbocycles. The van der Waals surface area contributed by atoms with Crippen molar-refractivity contribution in [3.05, 3.63) is 24.0 Å². The fraction of sp³-hybridized carbons (Fsp3) is 0.438. The number of halogens is 5. The van der Waals surface area contributed by atoms with E-state index in [1.807, 2.05) is 5.32 Å². The number of carbonyl (C=O) groups is 3. The van der Waals surface area contributed by atoms with Crippen LogP contribution in [0.3, 0.4) is 0 Å². The van der Waals surface area contributed by atoms with Gasteiger partial charge in [-0.15, -0.1) is 0 Å². The van der Waals surface area contributed by atoms with Gasteiger partial charge in [0.15, 0.2) is 0 Å². The first kappa shape index (κ1) is 22.5. The van der Waals surface area contributed by atoms with E-state index in [4.69, 9.17) is 10.5 Å². The van der Waals surface area contributed by atoms with Crippen molar-refractivity contribution in [3.63, 3.8) is 0 Å². The maximum atomic E-state index is 14.3. The Kier molecular flexibility index (Phi) is 7.08. The summed E-state index contributed by atoms with van der Waals surface area (Å²) in [7, 11) is 0. The molecule has 13 heteroatoms. The lowest BCUT2D eigenvalue weighted by molar-refractivity contribution is -0.170. The van der Waals surface area contributed by atoms with E-state index in [9.17, 15) is 36.3 Å². The summed E-state index contributed by atoms with van der Waals surface area (Å²) in [6, 6.07) is 1.57. The number of amides is 3. The predicted molar refractivity (Wildman–Crippen MR) is 90.1 cm³/mol. The second kappa shape index (κ2) is 9.13. The van der Waals surface area contributed by atoms with Gasteiger partial charge in [-0.3, -0.25) is 14.4 Å². The highest BCUT2D eigenvalue weighted by Gasteiger charge is 2.49. The van der Waals surface area contributed by atoms with Crippen molar-refractivity contribution in [2.45, 2.75) is 18.4 Å². The lowest BCUT2D eigenvalue weighted by Gasteiger charge is -2.27. The summed E-state index contributed by atoms with van der Waals surface area (Å²) >= 11 is 0. The number of morpholine rings is 1. The van der Waals surface area contributed by atoms with Crippen LogP contribution in [0.4, 0.5) is 33.3 Å². The molecule has 1 saturated heterocycles. The van der Waals surface area contributed by atoms with Crippen molar-refractivity contribution in [3.8, 4) is 0 Å². The molecule has 3 amide bonds. The van der Waals surface area contributed by atoms with Gasteiger partial charge in [0.05, 0.1) is 12.3 Å². The fourth-order valence-electron chi connectivity index (χ4n) is 2.37. The molecule has 1 aliphatic heterocycles. The molecule has 2 rings (SSSR count). The molecule has 0 spiro atoms. The molecule has 1 heterocycles. The van der Waals surface area contributed by atoms with Crippen molar-refractivity contribution >= 4 is 29.1 Å². The number of benzene rings is 1. The number of rotatable bonds is 7. The van der Waals surface area contributed by atoms with Gasteiger partial charge >= 0.3 is 12.3 Å². The molecule has 0 aromatic heterocycles. The van der Waals surface area contributed by atoms with Gasteiger partial charge < -0.3 is 26.0 Å². The third-order valence-electron chi connectivity index (χ3n) is 3.94. The molecule has 0 saturated carbocycles. The molecule has 0 radical (unpaired) electrons. The minimum atomic E-state index is -5.02. The minimum absolute atomic E-state index is 0.165. The number of nitrogens with one attached hydrogen (secondary N) is 2. The Morgan fingerprint density at radius 1 is 1.31 bits per heavy atom. The summed E-state index contributed by atoms with van der Waals surface area (Å²) in [6.07, 6.45) is -4.28. The van der Waals surface area contributed by atoms with Crippen LogP contribution < -0.4 is 21.3 Å². The third-order valence-corrected chi connectivity index (χ3v) is 3.94. The van der Waals surface area contributed by atoms with Gasteiger partial charge in [-0.25, -0.2) is 13.2 Å². The van der Waals surface area contributed by atoms with E-state index in [-0.39, 0.29) is 25.4 Å². The maximum absolute atomic E-state index is 14.3. The van der Waals surface area contributed by atoms with Crippen LogP contribution in [0, 0.1) is 5.82 Å². The van der Waals surface area contributed by atoms with E-state index < -0.39 is 54.2 Å². The van der Waals surface area contributed by atoms with E-state index in [1.165, 1.54) is 16.3 Å². The number of hydrogen-bond acceptors (Lipinski definition) is 5. The topological polar surface area (TPSA) is 114 Å². The highest BCUT2D eigenvalue weighted by molar-refractivity contribution is 5.99. The predicted octanol–water partition coefficient (Wildman–Crippen LogP) is 0.471. The lowest BCUT2D eigenvalue weighted by Crippen LogP contribution is -2.55. The molecule has 0 aliphatic carbocycles. The Morgan fingerprint density at radius 2 is 2.00 bits per heavy atom. The molecule has 4 N–H and O–H groups in total. The van der Waals surface area contributed by atoms with Crippen LogP contribution in [0.1, 0.15) is 0 Å². The van der Waals surface area contributed by atoms with Gasteiger partial charge in [0.2, 0.25) is 5.91 Å². The normalized spacial score (nSPS) is 16.0. The summed E-state index contributed by atoms with van der Waals surface area (Å²) in [6.45, 7) is -0.420. The zero-order valence-corrected chi connectivity index (χ0v) is 14.8. The van der Waals surface area contributed by atoms with Gasteiger partial charge in [0.25, 0.3) is 11.8 Å². The molecular weight excluding hydrogens is 407 g/mol. The molecule has 29 heavy (non-hydrogen) atoms. The number of anilines is 2. The van der Waals surface area contributed by atoms with E-state index in [1.54, 1.807) is 0 Å². The zero-order chi connectivity index (χ0) is 21.8. The smallest absolute Gasteiger partial charge is 0.370 e. The summed E-state index contributed by atoms with van der Waals surface area (Å²) in [4.78, 5) is 36.4. The van der Waals surface area contributed by atoms with Crippen LogP contribution in [-0.4, -0.2) is 62.4 Å². The largest absolute Gasteiger partial charge is 0.383 e. The van der Waals surface area contributed by atoms with E-state index in [2.05, 4.69) is 0 Å². The van der Waals surface area contributed by atoms with Crippen molar-refractivity contribution < 1.29 is 41.1 Å². The lowest BCUT2D eigenvalue weighted by atomic mass is 10.2. The highest BCUT2D eigenvalue weighted by Crippen LogP contribution is 2.24. The Balaban J connectivity index is 2.08. The molecular formula is C16H17F5N4O4. The zero-order valence-electron chi connectivity index (χ0n) is 14.8. The average Bonchev–Trinajstić information content (AvgIpc) is 2.67. The van der Waals surface area contributed by atoms with Crippen molar-refractivity contribution in [2.75, 3.05) is 36.5 Å². The van der Waals surface area contributed by atoms with Gasteiger partial charge in [0.1, 0.15) is 18.5 Å². The standard InChI is InChI=1S/C16H17F5N4O4/c17-9-5-8(25-3-4-29-7-12(25)26)1-2-10(9)23-13(27)11(6-22)24-15(28)16(20,21)14(18)19/h1-2,5,11,14H,3-4,6-7,22H2,(H,23,27)(H,24,28)/t11-/m1/s1. The molecule has 1 fully saturated rings. The van der Waals surface area contributed by atoms with E-state index in [0.717, 1.165) is 12.1 Å². The number of carbonyl (C=O) groups excluding carboxylic acids is 3. The second-order valence-corrected chi connectivity index (χ2v) is 5.94. The van der Waals surface area contributed by atoms with Crippen molar-refractivity contribution in [1.82, 2.24) is 5.32 Å².